The van der Waals surface area contributed by atoms with Gasteiger partial charge in [-0.3, -0.25) is 14.4 Å². The van der Waals surface area contributed by atoms with E-state index in [0.717, 1.165) is 4.90 Å². The molecule has 214 valence electrons. The topological polar surface area (TPSA) is 155 Å². The van der Waals surface area contributed by atoms with E-state index in [1.54, 1.807) is 31.2 Å². The average molecular weight is 547 g/mol. The normalized spacial score (nSPS) is 16.3. The Bertz CT molecular complexity index is 1000. The largest absolute Gasteiger partial charge is 0.466 e. The predicted octanol–water partition coefficient (Wildman–Crippen LogP) is 1.72. The third-order valence-corrected chi connectivity index (χ3v) is 6.00. The number of nitrogens with zero attached hydrogens (tertiary/aromatic N) is 2. The first-order chi connectivity index (χ1) is 18.7. The molecule has 1 aliphatic rings. The molecule has 3 atom stereocenters. The number of carbonyl (C=O) groups excluding carboxylic acids is 5. The van der Waals surface area contributed by atoms with Crippen LogP contribution >= 0.6 is 0 Å². The molecule has 0 bridgehead atoms. The van der Waals surface area contributed by atoms with Gasteiger partial charge in [-0.15, -0.1) is 6.58 Å². The van der Waals surface area contributed by atoms with E-state index >= 15 is 0 Å². The number of hydrogen-bond acceptors (Lipinski definition) is 8. The van der Waals surface area contributed by atoms with Gasteiger partial charge < -0.3 is 30.1 Å². The zero-order valence-electron chi connectivity index (χ0n) is 22.5. The second kappa shape index (κ2) is 16.1. The van der Waals surface area contributed by atoms with Crippen molar-refractivity contribution in [3.63, 3.8) is 0 Å². The van der Waals surface area contributed by atoms with E-state index in [2.05, 4.69) is 17.2 Å². The number of benzene rings is 1. The lowest BCUT2D eigenvalue weighted by Crippen LogP contribution is -2.56. The Morgan fingerprint density at radius 2 is 1.90 bits per heavy atom. The second-order valence-electron chi connectivity index (χ2n) is 8.95. The van der Waals surface area contributed by atoms with Crippen molar-refractivity contribution in [1.82, 2.24) is 20.4 Å². The van der Waals surface area contributed by atoms with Crippen molar-refractivity contribution in [2.24, 2.45) is 0 Å². The SMILES string of the molecule is C=CCNC(=O)C(O)C(CCC)NC(=O)C1CN(CCCC(=O)OCC)C(=O)N1C(=O)OCc1ccccc1. The summed E-state index contributed by atoms with van der Waals surface area (Å²) in [6.45, 7) is 7.25. The summed E-state index contributed by atoms with van der Waals surface area (Å²) in [5, 5.41) is 15.7. The number of ether oxygens (including phenoxy) is 2. The van der Waals surface area contributed by atoms with Crippen LogP contribution in [0.3, 0.4) is 0 Å². The van der Waals surface area contributed by atoms with Crippen LogP contribution in [0.5, 0.6) is 0 Å². The first kappa shape index (κ1) is 31.3. The fourth-order valence-electron chi connectivity index (χ4n) is 4.04. The first-order valence-corrected chi connectivity index (χ1v) is 13.0. The molecule has 39 heavy (non-hydrogen) atoms. The Balaban J connectivity index is 2.17. The van der Waals surface area contributed by atoms with E-state index < -0.39 is 48.1 Å². The van der Waals surface area contributed by atoms with Gasteiger partial charge in [0.1, 0.15) is 12.6 Å². The molecule has 0 saturated carbocycles. The highest BCUT2D eigenvalue weighted by Gasteiger charge is 2.46. The lowest BCUT2D eigenvalue weighted by molar-refractivity contribution is -0.143. The average Bonchev–Trinajstić information content (AvgIpc) is 3.26. The zero-order chi connectivity index (χ0) is 28.8. The van der Waals surface area contributed by atoms with Crippen LogP contribution in [0.4, 0.5) is 9.59 Å². The van der Waals surface area contributed by atoms with Gasteiger partial charge >= 0.3 is 18.1 Å². The van der Waals surface area contributed by atoms with Gasteiger partial charge in [0.25, 0.3) is 5.91 Å². The zero-order valence-corrected chi connectivity index (χ0v) is 22.5. The number of aliphatic hydroxyl groups is 1. The summed E-state index contributed by atoms with van der Waals surface area (Å²) in [5.41, 5.74) is 0.696. The summed E-state index contributed by atoms with van der Waals surface area (Å²) in [6, 6.07) is 5.88. The standard InChI is InChI=1S/C27H38N4O8/c1-4-11-20(23(33)25(35)28-15-5-2)29-24(34)21-17-30(16-10-14-22(32)38-6-3)26(36)31(21)27(37)39-18-19-12-8-7-9-13-19/h5,7-9,12-13,20-21,23,33H,2,4,6,10-11,14-18H2,1,3H3,(H,28,35)(H,29,34). The number of rotatable bonds is 15. The minimum absolute atomic E-state index is 0.0670. The van der Waals surface area contributed by atoms with Crippen LogP contribution in [0.2, 0.25) is 0 Å². The van der Waals surface area contributed by atoms with Crippen LogP contribution in [0.25, 0.3) is 0 Å². The number of nitrogens with one attached hydrogen (secondary N) is 2. The monoisotopic (exact) mass is 546 g/mol. The van der Waals surface area contributed by atoms with Crippen LogP contribution < -0.4 is 10.6 Å². The highest BCUT2D eigenvalue weighted by atomic mass is 16.6. The smallest absolute Gasteiger partial charge is 0.419 e. The first-order valence-electron chi connectivity index (χ1n) is 13.0. The molecular weight excluding hydrogens is 508 g/mol. The second-order valence-corrected chi connectivity index (χ2v) is 8.95. The molecule has 3 N–H and O–H groups in total. The number of imide groups is 1. The fourth-order valence-corrected chi connectivity index (χ4v) is 4.04. The third kappa shape index (κ3) is 9.40. The summed E-state index contributed by atoms with van der Waals surface area (Å²) in [4.78, 5) is 65.5. The van der Waals surface area contributed by atoms with Crippen LogP contribution in [-0.2, 0) is 30.5 Å². The lowest BCUT2D eigenvalue weighted by Gasteiger charge is -2.26. The van der Waals surface area contributed by atoms with Crippen LogP contribution in [0.15, 0.2) is 43.0 Å². The van der Waals surface area contributed by atoms with E-state index in [9.17, 15) is 29.1 Å². The molecule has 1 fully saturated rings. The molecule has 2 rings (SSSR count). The molecule has 1 aromatic rings. The third-order valence-electron chi connectivity index (χ3n) is 6.00. The van der Waals surface area contributed by atoms with E-state index in [1.165, 1.54) is 11.0 Å². The Hall–Kier alpha value is -3.93. The van der Waals surface area contributed by atoms with Crippen LogP contribution in [0, 0.1) is 0 Å². The number of aliphatic hydroxyl groups excluding tert-OH is 1. The maximum atomic E-state index is 13.3. The summed E-state index contributed by atoms with van der Waals surface area (Å²) in [5.74, 6) is -1.82. The number of esters is 1. The number of carbonyl (C=O) groups is 5. The Kier molecular flexibility index (Phi) is 12.9. The summed E-state index contributed by atoms with van der Waals surface area (Å²) in [6.07, 6.45) is 0.0556. The van der Waals surface area contributed by atoms with Gasteiger partial charge in [0.05, 0.1) is 19.2 Å². The van der Waals surface area contributed by atoms with E-state index in [0.29, 0.717) is 12.0 Å². The van der Waals surface area contributed by atoms with Crippen molar-refractivity contribution < 1.29 is 38.6 Å². The van der Waals surface area contributed by atoms with Gasteiger partial charge in [-0.2, -0.15) is 0 Å². The molecule has 1 aliphatic heterocycles. The quantitative estimate of drug-likeness (QED) is 0.222. The summed E-state index contributed by atoms with van der Waals surface area (Å²) in [7, 11) is 0. The van der Waals surface area contributed by atoms with Crippen molar-refractivity contribution in [3.05, 3.63) is 48.6 Å². The maximum Gasteiger partial charge on any atom is 0.419 e. The van der Waals surface area contributed by atoms with Crippen molar-refractivity contribution in [2.45, 2.75) is 64.3 Å². The van der Waals surface area contributed by atoms with E-state index in [-0.39, 0.29) is 52.1 Å². The molecule has 5 amide bonds. The molecule has 0 aromatic heterocycles. The number of amides is 5. The number of urea groups is 1. The molecule has 1 saturated heterocycles. The van der Waals surface area contributed by atoms with Gasteiger partial charge in [0, 0.05) is 19.5 Å². The van der Waals surface area contributed by atoms with Crippen molar-refractivity contribution >= 4 is 29.9 Å². The van der Waals surface area contributed by atoms with Crippen molar-refractivity contribution in [3.8, 4) is 0 Å². The summed E-state index contributed by atoms with van der Waals surface area (Å²) < 4.78 is 10.2. The molecule has 0 spiro atoms. The highest BCUT2D eigenvalue weighted by molar-refractivity contribution is 6.00. The number of hydrogen-bond donors (Lipinski definition) is 3. The molecule has 12 nitrogen and oxygen atoms in total. The lowest BCUT2D eigenvalue weighted by atomic mass is 10.0. The van der Waals surface area contributed by atoms with E-state index in [1.807, 2.05) is 13.0 Å². The molecular formula is C27H38N4O8. The highest BCUT2D eigenvalue weighted by Crippen LogP contribution is 2.20. The van der Waals surface area contributed by atoms with Crippen LogP contribution in [0.1, 0.15) is 45.1 Å². The van der Waals surface area contributed by atoms with Gasteiger partial charge in [0.15, 0.2) is 6.10 Å². The molecule has 0 aliphatic carbocycles. The van der Waals surface area contributed by atoms with Gasteiger partial charge in [-0.25, -0.2) is 14.5 Å². The van der Waals surface area contributed by atoms with Gasteiger partial charge in [-0.05, 0) is 25.3 Å². The van der Waals surface area contributed by atoms with Crippen molar-refractivity contribution in [2.75, 3.05) is 26.2 Å². The molecule has 3 unspecified atom stereocenters. The molecule has 0 radical (unpaired) electrons. The van der Waals surface area contributed by atoms with Gasteiger partial charge in [0.2, 0.25) is 5.91 Å². The Morgan fingerprint density at radius 1 is 1.18 bits per heavy atom. The van der Waals surface area contributed by atoms with E-state index in [4.69, 9.17) is 9.47 Å². The Labute approximate surface area is 228 Å². The summed E-state index contributed by atoms with van der Waals surface area (Å²) >= 11 is 0. The fraction of sp³-hybridized carbons (Fsp3) is 0.519. The predicted molar refractivity (Wildman–Crippen MR) is 141 cm³/mol. The molecule has 12 heteroatoms. The van der Waals surface area contributed by atoms with Crippen LogP contribution in [-0.4, -0.2) is 89.2 Å². The maximum absolute atomic E-state index is 13.3. The minimum atomic E-state index is -1.55. The molecule has 1 aromatic carbocycles. The molecule has 1 heterocycles. The van der Waals surface area contributed by atoms with Gasteiger partial charge in [-0.1, -0.05) is 49.8 Å². The van der Waals surface area contributed by atoms with Crippen molar-refractivity contribution in [1.29, 1.82) is 0 Å². The minimum Gasteiger partial charge on any atom is -0.466 e. The Morgan fingerprint density at radius 3 is 2.54 bits per heavy atom.